The molecule has 0 atom stereocenters. The highest BCUT2D eigenvalue weighted by Gasteiger charge is 2.07. The molecule has 0 aliphatic heterocycles. The van der Waals surface area contributed by atoms with Gasteiger partial charge in [-0.3, -0.25) is 4.79 Å². The summed E-state index contributed by atoms with van der Waals surface area (Å²) in [5.74, 6) is 0.615. The normalized spacial score (nSPS) is 10.2. The minimum absolute atomic E-state index is 0.163. The van der Waals surface area contributed by atoms with Crippen molar-refractivity contribution < 1.29 is 4.79 Å². The van der Waals surface area contributed by atoms with Crippen LogP contribution in [-0.4, -0.2) is 17.4 Å². The zero-order valence-corrected chi connectivity index (χ0v) is 12.7. The van der Waals surface area contributed by atoms with Gasteiger partial charge < -0.3 is 10.6 Å². The van der Waals surface area contributed by atoms with Crippen LogP contribution in [0.4, 0.5) is 5.82 Å². The average molecular weight is 304 g/mol. The molecule has 1 aromatic heterocycles. The van der Waals surface area contributed by atoms with Crippen molar-refractivity contribution in [1.82, 2.24) is 10.3 Å². The fourth-order valence-electron chi connectivity index (χ4n) is 1.81. The van der Waals surface area contributed by atoms with E-state index in [1.165, 1.54) is 0 Å². The summed E-state index contributed by atoms with van der Waals surface area (Å²) in [5, 5.41) is 6.65. The third kappa shape index (κ3) is 4.46. The molecule has 4 nitrogen and oxygen atoms in total. The van der Waals surface area contributed by atoms with Crippen LogP contribution in [0.2, 0.25) is 5.02 Å². The van der Waals surface area contributed by atoms with Gasteiger partial charge >= 0.3 is 0 Å². The molecule has 110 valence electrons. The zero-order valence-electron chi connectivity index (χ0n) is 11.9. The number of carbonyl (C=O) groups excluding carboxylic acids is 1. The van der Waals surface area contributed by atoms with Crippen LogP contribution in [0.5, 0.6) is 0 Å². The molecule has 0 bridgehead atoms. The number of halogens is 1. The number of hydrogen-bond donors (Lipinski definition) is 2. The lowest BCUT2D eigenvalue weighted by Crippen LogP contribution is -2.23. The van der Waals surface area contributed by atoms with Gasteiger partial charge in [-0.05, 0) is 30.2 Å². The molecule has 0 aliphatic carbocycles. The number of aromatic nitrogens is 1. The first-order valence-corrected chi connectivity index (χ1v) is 7.30. The second kappa shape index (κ2) is 7.64. The van der Waals surface area contributed by atoms with Crippen LogP contribution in [0.1, 0.15) is 29.3 Å². The Kier molecular flexibility index (Phi) is 5.58. The van der Waals surface area contributed by atoms with Gasteiger partial charge in [-0.25, -0.2) is 4.98 Å². The van der Waals surface area contributed by atoms with Crippen molar-refractivity contribution in [2.45, 2.75) is 19.9 Å². The number of carbonyl (C=O) groups is 1. The Balaban J connectivity index is 1.93. The monoisotopic (exact) mass is 303 g/mol. The minimum Gasteiger partial charge on any atom is -0.370 e. The molecule has 0 saturated carbocycles. The van der Waals surface area contributed by atoms with E-state index in [2.05, 4.69) is 22.5 Å². The number of rotatable bonds is 6. The maximum Gasteiger partial charge on any atom is 0.253 e. The van der Waals surface area contributed by atoms with Gasteiger partial charge in [-0.15, -0.1) is 0 Å². The number of pyridine rings is 1. The largest absolute Gasteiger partial charge is 0.370 e. The van der Waals surface area contributed by atoms with Crippen molar-refractivity contribution >= 4 is 23.3 Å². The number of benzene rings is 1. The van der Waals surface area contributed by atoms with E-state index < -0.39 is 0 Å². The molecular formula is C16H18ClN3O. The standard InChI is InChI=1S/C16H18ClN3O/c1-2-9-18-15-8-7-13(11-19-15)16(21)20-10-12-5-3-4-6-14(12)17/h3-8,11H,2,9-10H2,1H3,(H,18,19)(H,20,21). The Morgan fingerprint density at radius 3 is 2.71 bits per heavy atom. The molecule has 0 spiro atoms. The van der Waals surface area contributed by atoms with Gasteiger partial charge in [0.05, 0.1) is 5.56 Å². The summed E-state index contributed by atoms with van der Waals surface area (Å²) in [6, 6.07) is 11.0. The van der Waals surface area contributed by atoms with Crippen molar-refractivity contribution in [3.05, 3.63) is 58.7 Å². The van der Waals surface area contributed by atoms with Gasteiger partial charge in [0.2, 0.25) is 0 Å². The van der Waals surface area contributed by atoms with E-state index in [0.717, 1.165) is 24.3 Å². The molecule has 5 heteroatoms. The van der Waals surface area contributed by atoms with Gasteiger partial charge in [-0.1, -0.05) is 36.7 Å². The SMILES string of the molecule is CCCNc1ccc(C(=O)NCc2ccccc2Cl)cn1. The number of nitrogens with one attached hydrogen (secondary N) is 2. The molecule has 0 aliphatic rings. The molecule has 1 amide bonds. The topological polar surface area (TPSA) is 54.0 Å². The van der Waals surface area contributed by atoms with Gasteiger partial charge in [0.25, 0.3) is 5.91 Å². The molecule has 0 fully saturated rings. The molecule has 1 aromatic carbocycles. The van der Waals surface area contributed by atoms with Crippen LogP contribution in [0.3, 0.4) is 0 Å². The fourth-order valence-corrected chi connectivity index (χ4v) is 2.01. The Morgan fingerprint density at radius 2 is 2.05 bits per heavy atom. The fraction of sp³-hybridized carbons (Fsp3) is 0.250. The summed E-state index contributed by atoms with van der Waals surface area (Å²) in [7, 11) is 0. The summed E-state index contributed by atoms with van der Waals surface area (Å²) in [4.78, 5) is 16.3. The quantitative estimate of drug-likeness (QED) is 0.859. The highest BCUT2D eigenvalue weighted by atomic mass is 35.5. The third-order valence-electron chi connectivity index (χ3n) is 2.98. The van der Waals surface area contributed by atoms with E-state index in [1.807, 2.05) is 18.2 Å². The van der Waals surface area contributed by atoms with Crippen molar-refractivity contribution in [3.63, 3.8) is 0 Å². The van der Waals surface area contributed by atoms with E-state index in [0.29, 0.717) is 17.1 Å². The van der Waals surface area contributed by atoms with Crippen molar-refractivity contribution in [1.29, 1.82) is 0 Å². The highest BCUT2D eigenvalue weighted by Crippen LogP contribution is 2.14. The molecule has 1 heterocycles. The minimum atomic E-state index is -0.163. The first-order chi connectivity index (χ1) is 10.2. The van der Waals surface area contributed by atoms with Crippen molar-refractivity contribution in [2.75, 3.05) is 11.9 Å². The molecule has 2 rings (SSSR count). The van der Waals surface area contributed by atoms with Gasteiger partial charge in [-0.2, -0.15) is 0 Å². The average Bonchev–Trinajstić information content (AvgIpc) is 2.52. The first-order valence-electron chi connectivity index (χ1n) is 6.92. The summed E-state index contributed by atoms with van der Waals surface area (Å²) < 4.78 is 0. The van der Waals surface area contributed by atoms with Crippen LogP contribution < -0.4 is 10.6 Å². The van der Waals surface area contributed by atoms with Gasteiger partial charge in [0, 0.05) is 24.3 Å². The van der Waals surface area contributed by atoms with Crippen LogP contribution in [0, 0.1) is 0 Å². The summed E-state index contributed by atoms with van der Waals surface area (Å²) in [5.41, 5.74) is 1.42. The van der Waals surface area contributed by atoms with E-state index in [-0.39, 0.29) is 5.91 Å². The number of hydrogen-bond acceptors (Lipinski definition) is 3. The first kappa shape index (κ1) is 15.3. The second-order valence-electron chi connectivity index (χ2n) is 4.63. The Morgan fingerprint density at radius 1 is 1.24 bits per heavy atom. The summed E-state index contributed by atoms with van der Waals surface area (Å²) in [6.45, 7) is 3.35. The van der Waals surface area contributed by atoms with Gasteiger partial charge in [0.15, 0.2) is 0 Å². The molecular weight excluding hydrogens is 286 g/mol. The van der Waals surface area contributed by atoms with Crippen molar-refractivity contribution in [3.8, 4) is 0 Å². The molecule has 2 aromatic rings. The number of anilines is 1. The lowest BCUT2D eigenvalue weighted by molar-refractivity contribution is 0.0950. The zero-order chi connectivity index (χ0) is 15.1. The molecule has 21 heavy (non-hydrogen) atoms. The van der Waals surface area contributed by atoms with Crippen LogP contribution in [-0.2, 0) is 6.54 Å². The Bertz CT molecular complexity index is 599. The van der Waals surface area contributed by atoms with Crippen LogP contribution in [0.15, 0.2) is 42.6 Å². The second-order valence-corrected chi connectivity index (χ2v) is 5.04. The molecule has 2 N–H and O–H groups in total. The number of nitrogens with zero attached hydrogens (tertiary/aromatic N) is 1. The predicted molar refractivity (Wildman–Crippen MR) is 85.6 cm³/mol. The van der Waals surface area contributed by atoms with Crippen LogP contribution >= 0.6 is 11.6 Å². The molecule has 0 radical (unpaired) electrons. The van der Waals surface area contributed by atoms with Gasteiger partial charge in [0.1, 0.15) is 5.82 Å². The third-order valence-corrected chi connectivity index (χ3v) is 3.35. The molecule has 0 unspecified atom stereocenters. The summed E-state index contributed by atoms with van der Waals surface area (Å²) in [6.07, 6.45) is 2.60. The smallest absolute Gasteiger partial charge is 0.253 e. The number of amides is 1. The Labute approximate surface area is 129 Å². The van der Waals surface area contributed by atoms with E-state index in [9.17, 15) is 4.79 Å². The predicted octanol–water partition coefficient (Wildman–Crippen LogP) is 3.49. The maximum atomic E-state index is 12.0. The summed E-state index contributed by atoms with van der Waals surface area (Å²) >= 11 is 6.05. The Hall–Kier alpha value is -2.07. The van der Waals surface area contributed by atoms with Crippen LogP contribution in [0.25, 0.3) is 0 Å². The van der Waals surface area contributed by atoms with E-state index >= 15 is 0 Å². The highest BCUT2D eigenvalue weighted by molar-refractivity contribution is 6.31. The van der Waals surface area contributed by atoms with Crippen molar-refractivity contribution in [2.24, 2.45) is 0 Å². The lowest BCUT2D eigenvalue weighted by atomic mass is 10.2. The maximum absolute atomic E-state index is 12.0. The lowest BCUT2D eigenvalue weighted by Gasteiger charge is -2.08. The van der Waals surface area contributed by atoms with E-state index in [4.69, 9.17) is 11.6 Å². The molecule has 0 saturated heterocycles. The van der Waals surface area contributed by atoms with E-state index in [1.54, 1.807) is 24.4 Å².